The highest BCUT2D eigenvalue weighted by Gasteiger charge is 2.25. The number of nitrogens with zero attached hydrogens (tertiary/aromatic N) is 3. The fraction of sp³-hybridized carbons (Fsp3) is 0.280. The summed E-state index contributed by atoms with van der Waals surface area (Å²) < 4.78 is 5.90. The van der Waals surface area contributed by atoms with Crippen molar-refractivity contribution in [3.05, 3.63) is 82.4 Å². The molecule has 0 bridgehead atoms. The molecule has 0 saturated carbocycles. The van der Waals surface area contributed by atoms with E-state index < -0.39 is 0 Å². The summed E-state index contributed by atoms with van der Waals surface area (Å²) in [7, 11) is 0. The van der Waals surface area contributed by atoms with Crippen LogP contribution in [0.1, 0.15) is 42.3 Å². The first-order valence-corrected chi connectivity index (χ1v) is 10.6. The minimum atomic E-state index is -0.229. The number of ether oxygens (including phenoxy) is 1. The number of carbonyl (C=O) groups excluding carboxylic acids is 1. The van der Waals surface area contributed by atoms with E-state index in [9.17, 15) is 9.70 Å². The van der Waals surface area contributed by atoms with Gasteiger partial charge in [-0.15, -0.1) is 0 Å². The minimum absolute atomic E-state index is 0.0499. The molecule has 0 saturated heterocycles. The molecule has 1 aliphatic rings. The summed E-state index contributed by atoms with van der Waals surface area (Å²) in [5, 5.41) is 5.87. The van der Waals surface area contributed by atoms with Crippen molar-refractivity contribution < 1.29 is 9.53 Å². The molecular weight excluding hydrogens is 404 g/mol. The van der Waals surface area contributed by atoms with Crippen molar-refractivity contribution in [1.29, 1.82) is 0 Å². The maximum Gasteiger partial charge on any atom is 0.259 e. The van der Waals surface area contributed by atoms with Crippen molar-refractivity contribution in [3.8, 4) is 5.75 Å². The van der Waals surface area contributed by atoms with Gasteiger partial charge in [0.1, 0.15) is 19.0 Å². The molecule has 164 valence electrons. The van der Waals surface area contributed by atoms with Crippen LogP contribution >= 0.6 is 0 Å². The Labute approximate surface area is 187 Å². The number of carbonyl (C=O) groups is 1. The number of nitroso groups, excluding NO2 is 1. The Balaban J connectivity index is 1.58. The van der Waals surface area contributed by atoms with Gasteiger partial charge in [-0.3, -0.25) is 4.79 Å². The van der Waals surface area contributed by atoms with E-state index in [4.69, 9.17) is 4.74 Å². The highest BCUT2D eigenvalue weighted by molar-refractivity contribution is 6.07. The molecule has 0 fully saturated rings. The van der Waals surface area contributed by atoms with Crippen LogP contribution in [0.15, 0.2) is 66.0 Å². The second-order valence-corrected chi connectivity index (χ2v) is 8.75. The van der Waals surface area contributed by atoms with Crippen molar-refractivity contribution in [1.82, 2.24) is 4.98 Å². The van der Waals surface area contributed by atoms with Crippen LogP contribution in [-0.2, 0) is 12.0 Å². The lowest BCUT2D eigenvalue weighted by molar-refractivity contribution is 0.102. The smallest absolute Gasteiger partial charge is 0.259 e. The van der Waals surface area contributed by atoms with E-state index in [1.165, 1.54) is 5.56 Å². The number of benzene rings is 2. The Morgan fingerprint density at radius 2 is 1.91 bits per heavy atom. The predicted molar refractivity (Wildman–Crippen MR) is 126 cm³/mol. The molecule has 0 radical (unpaired) electrons. The van der Waals surface area contributed by atoms with E-state index in [-0.39, 0.29) is 17.9 Å². The quantitative estimate of drug-likeness (QED) is 0.546. The topological polar surface area (TPSA) is 83.9 Å². The van der Waals surface area contributed by atoms with Crippen LogP contribution < -0.4 is 15.0 Å². The molecule has 7 heteroatoms. The van der Waals surface area contributed by atoms with E-state index in [1.807, 2.05) is 53.4 Å². The fourth-order valence-electron chi connectivity index (χ4n) is 3.66. The molecule has 1 N–H and O–H groups in total. The molecule has 3 aromatic rings. The van der Waals surface area contributed by atoms with Gasteiger partial charge in [0.05, 0.1) is 17.8 Å². The number of hydrogen-bond donors (Lipinski definition) is 1. The number of aromatic nitrogens is 1. The Morgan fingerprint density at radius 3 is 2.56 bits per heavy atom. The number of pyridine rings is 1. The summed E-state index contributed by atoms with van der Waals surface area (Å²) in [6.45, 7) is 7.58. The van der Waals surface area contributed by atoms with E-state index in [2.05, 4.69) is 36.2 Å². The van der Waals surface area contributed by atoms with Crippen LogP contribution in [0.2, 0.25) is 0 Å². The third-order valence-corrected chi connectivity index (χ3v) is 5.43. The summed E-state index contributed by atoms with van der Waals surface area (Å²) >= 11 is 0. The third kappa shape index (κ3) is 4.46. The van der Waals surface area contributed by atoms with Gasteiger partial charge in [0.15, 0.2) is 5.75 Å². The molecule has 4 rings (SSSR count). The fourth-order valence-corrected chi connectivity index (χ4v) is 3.66. The van der Waals surface area contributed by atoms with Crippen LogP contribution in [0.25, 0.3) is 0 Å². The molecule has 2 aromatic carbocycles. The number of fused-ring (bicyclic) bond motifs is 1. The number of para-hydroxylation sites is 1. The number of rotatable bonds is 5. The number of anilines is 3. The van der Waals surface area contributed by atoms with Gasteiger partial charge >= 0.3 is 0 Å². The largest absolute Gasteiger partial charge is 0.489 e. The summed E-state index contributed by atoms with van der Waals surface area (Å²) in [5.74, 6) is 1.02. The second-order valence-electron chi connectivity index (χ2n) is 8.75. The van der Waals surface area contributed by atoms with Crippen molar-refractivity contribution in [3.63, 3.8) is 0 Å². The van der Waals surface area contributed by atoms with Gasteiger partial charge in [0.2, 0.25) is 0 Å². The minimum Gasteiger partial charge on any atom is -0.489 e. The van der Waals surface area contributed by atoms with Crippen molar-refractivity contribution in [2.24, 2.45) is 5.18 Å². The number of amides is 1. The number of nitrogens with one attached hydrogen (secondary N) is 1. The van der Waals surface area contributed by atoms with Gasteiger partial charge in [-0.2, -0.15) is 4.91 Å². The first-order valence-electron chi connectivity index (χ1n) is 10.6. The SMILES string of the molecule is CC(C)(C)c1ccc(NC(=O)c2cccc3c2OCCN3c2ccc(CN=O)cn2)cc1. The van der Waals surface area contributed by atoms with Gasteiger partial charge in [0, 0.05) is 11.9 Å². The lowest BCUT2D eigenvalue weighted by Gasteiger charge is -2.31. The lowest BCUT2D eigenvalue weighted by atomic mass is 9.87. The molecule has 7 nitrogen and oxygen atoms in total. The summed E-state index contributed by atoms with van der Waals surface area (Å²) in [6.07, 6.45) is 1.64. The van der Waals surface area contributed by atoms with E-state index in [0.717, 1.165) is 22.8 Å². The molecule has 1 amide bonds. The van der Waals surface area contributed by atoms with Crippen LogP contribution in [-0.4, -0.2) is 24.0 Å². The monoisotopic (exact) mass is 430 g/mol. The molecule has 0 aliphatic carbocycles. The van der Waals surface area contributed by atoms with Crippen molar-refractivity contribution in [2.45, 2.75) is 32.7 Å². The van der Waals surface area contributed by atoms with Crippen LogP contribution in [0, 0.1) is 4.91 Å². The standard InChI is InChI=1S/C25H26N4O3/c1-25(2,3)18-8-10-19(11-9-18)28-24(30)20-5-4-6-21-23(20)32-14-13-29(21)22-12-7-17(15-26-22)16-27-31/h4-12,15H,13-14,16H2,1-3H3,(H,28,30). The van der Waals surface area contributed by atoms with Crippen LogP contribution in [0.5, 0.6) is 5.75 Å². The first kappa shape index (κ1) is 21.5. The highest BCUT2D eigenvalue weighted by atomic mass is 16.5. The maximum atomic E-state index is 13.1. The normalized spacial score (nSPS) is 13.2. The van der Waals surface area contributed by atoms with E-state index >= 15 is 0 Å². The zero-order valence-electron chi connectivity index (χ0n) is 18.5. The molecule has 32 heavy (non-hydrogen) atoms. The molecule has 0 spiro atoms. The average molecular weight is 431 g/mol. The lowest BCUT2D eigenvalue weighted by Crippen LogP contribution is -2.30. The Morgan fingerprint density at radius 1 is 1.12 bits per heavy atom. The second kappa shape index (κ2) is 8.78. The molecule has 1 aliphatic heterocycles. The first-order chi connectivity index (χ1) is 15.4. The van der Waals surface area contributed by atoms with Crippen molar-refractivity contribution >= 4 is 23.1 Å². The van der Waals surface area contributed by atoms with E-state index in [1.54, 1.807) is 12.3 Å². The molecule has 0 atom stereocenters. The third-order valence-electron chi connectivity index (χ3n) is 5.43. The summed E-state index contributed by atoms with van der Waals surface area (Å²) in [6, 6.07) is 17.1. The van der Waals surface area contributed by atoms with Gasteiger partial charge in [-0.1, -0.05) is 50.2 Å². The molecule has 1 aromatic heterocycles. The number of hydrogen-bond acceptors (Lipinski definition) is 6. The molecule has 0 unspecified atom stereocenters. The van der Waals surface area contributed by atoms with Gasteiger partial charge < -0.3 is 15.0 Å². The highest BCUT2D eigenvalue weighted by Crippen LogP contribution is 2.38. The van der Waals surface area contributed by atoms with Crippen LogP contribution in [0.4, 0.5) is 17.2 Å². The summed E-state index contributed by atoms with van der Waals surface area (Å²) in [5.41, 5.74) is 3.98. The maximum absolute atomic E-state index is 13.1. The average Bonchev–Trinajstić information content (AvgIpc) is 2.79. The molecule has 2 heterocycles. The molecular formula is C25H26N4O3. The van der Waals surface area contributed by atoms with Crippen molar-refractivity contribution in [2.75, 3.05) is 23.4 Å². The zero-order chi connectivity index (χ0) is 22.7. The van der Waals surface area contributed by atoms with E-state index in [0.29, 0.717) is 24.5 Å². The van der Waals surface area contributed by atoms with Gasteiger partial charge in [0.25, 0.3) is 5.91 Å². The summed E-state index contributed by atoms with van der Waals surface area (Å²) in [4.78, 5) is 30.0. The van der Waals surface area contributed by atoms with Crippen LogP contribution in [0.3, 0.4) is 0 Å². The Bertz CT molecular complexity index is 1120. The Hall–Kier alpha value is -3.74. The zero-order valence-corrected chi connectivity index (χ0v) is 18.5. The van der Waals surface area contributed by atoms with Gasteiger partial charge in [-0.05, 0) is 46.9 Å². The van der Waals surface area contributed by atoms with Gasteiger partial charge in [-0.25, -0.2) is 4.98 Å². The predicted octanol–water partition coefficient (Wildman–Crippen LogP) is 5.43. The Kier molecular flexibility index (Phi) is 5.90.